The van der Waals surface area contributed by atoms with Crippen molar-refractivity contribution in [3.63, 3.8) is 0 Å². The highest BCUT2D eigenvalue weighted by molar-refractivity contribution is 5.89. The molecular formula is C13H13N2O-. The van der Waals surface area contributed by atoms with E-state index >= 15 is 0 Å². The molecule has 0 unspecified atom stereocenters. The fraction of sp³-hybridized carbons (Fsp3) is 0.231. The largest absolute Gasteiger partial charge is 0.464 e. The number of fused-ring (bicyclic) bond motifs is 1. The van der Waals surface area contributed by atoms with Crippen LogP contribution in [0.1, 0.15) is 12.1 Å². The van der Waals surface area contributed by atoms with Gasteiger partial charge < -0.3 is 9.32 Å². The molecule has 2 aromatic rings. The third kappa shape index (κ3) is 1.53. The van der Waals surface area contributed by atoms with Crippen LogP contribution >= 0.6 is 0 Å². The van der Waals surface area contributed by atoms with Crippen molar-refractivity contribution in [1.29, 1.82) is 0 Å². The summed E-state index contributed by atoms with van der Waals surface area (Å²) in [6, 6.07) is 3.88. The summed E-state index contributed by atoms with van der Waals surface area (Å²) in [7, 11) is 3.93. The molecular weight excluding hydrogens is 200 g/mol. The van der Waals surface area contributed by atoms with Gasteiger partial charge in [-0.3, -0.25) is 12.0 Å². The van der Waals surface area contributed by atoms with Crippen molar-refractivity contribution >= 4 is 16.5 Å². The molecule has 2 aromatic heterocycles. The summed E-state index contributed by atoms with van der Waals surface area (Å²) in [4.78, 5) is 6.52. The molecule has 3 heterocycles. The molecule has 0 N–H and O–H groups in total. The molecule has 3 heteroatoms. The first-order valence-electron chi connectivity index (χ1n) is 5.41. The minimum absolute atomic E-state index is 0.894. The van der Waals surface area contributed by atoms with E-state index in [-0.39, 0.29) is 0 Å². The summed E-state index contributed by atoms with van der Waals surface area (Å²) in [6.07, 6.45) is 6.72. The Bertz CT molecular complexity index is 542. The van der Waals surface area contributed by atoms with Crippen molar-refractivity contribution in [1.82, 2.24) is 9.88 Å². The lowest BCUT2D eigenvalue weighted by molar-refractivity contribution is 0.408. The highest BCUT2D eigenvalue weighted by Crippen LogP contribution is 2.27. The van der Waals surface area contributed by atoms with Crippen LogP contribution in [0.4, 0.5) is 0 Å². The lowest BCUT2D eigenvalue weighted by Crippen LogP contribution is -2.21. The molecule has 0 spiro atoms. The van der Waals surface area contributed by atoms with Gasteiger partial charge in [0.05, 0.1) is 12.0 Å². The van der Waals surface area contributed by atoms with Crippen molar-refractivity contribution in [2.24, 2.45) is 0 Å². The second-order valence-electron chi connectivity index (χ2n) is 4.05. The van der Waals surface area contributed by atoms with Crippen molar-refractivity contribution in [2.75, 3.05) is 13.1 Å². The first-order valence-corrected chi connectivity index (χ1v) is 5.41. The van der Waals surface area contributed by atoms with Gasteiger partial charge >= 0.3 is 0 Å². The van der Waals surface area contributed by atoms with Crippen LogP contribution in [-0.2, 0) is 0 Å². The van der Waals surface area contributed by atoms with E-state index in [9.17, 15) is 0 Å². The van der Waals surface area contributed by atoms with Gasteiger partial charge in [0.15, 0.2) is 0 Å². The molecule has 1 aliphatic heterocycles. The Morgan fingerprint density at radius 1 is 1.38 bits per heavy atom. The van der Waals surface area contributed by atoms with Gasteiger partial charge in [-0.1, -0.05) is 6.08 Å². The lowest BCUT2D eigenvalue weighted by atomic mass is 10.0. The maximum atomic E-state index is 5.38. The third-order valence-corrected chi connectivity index (χ3v) is 2.98. The number of furan rings is 1. The van der Waals surface area contributed by atoms with Gasteiger partial charge in [0.25, 0.3) is 0 Å². The summed E-state index contributed by atoms with van der Waals surface area (Å²) < 4.78 is 5.38. The highest BCUT2D eigenvalue weighted by atomic mass is 16.3. The zero-order valence-electron chi connectivity index (χ0n) is 9.02. The van der Waals surface area contributed by atoms with Gasteiger partial charge in [-0.05, 0) is 37.2 Å². The summed E-state index contributed by atoms with van der Waals surface area (Å²) in [5, 5.41) is 1.10. The van der Waals surface area contributed by atoms with Crippen LogP contribution in [0, 0.1) is 7.05 Å². The number of aromatic nitrogens is 1. The minimum Gasteiger partial charge on any atom is -0.464 e. The quantitative estimate of drug-likeness (QED) is 0.682. The van der Waals surface area contributed by atoms with E-state index in [1.165, 1.54) is 5.57 Å². The molecule has 0 atom stereocenters. The topological polar surface area (TPSA) is 29.3 Å². The van der Waals surface area contributed by atoms with E-state index in [2.05, 4.69) is 23.0 Å². The van der Waals surface area contributed by atoms with Crippen LogP contribution in [0.25, 0.3) is 16.5 Å². The smallest absolute Gasteiger partial charge is 0.137 e. The predicted molar refractivity (Wildman–Crippen MR) is 63.5 cm³/mol. The van der Waals surface area contributed by atoms with Crippen LogP contribution < -0.4 is 0 Å². The van der Waals surface area contributed by atoms with E-state index in [1.807, 2.05) is 12.1 Å². The molecule has 0 amide bonds. The molecule has 0 radical (unpaired) electrons. The van der Waals surface area contributed by atoms with Crippen molar-refractivity contribution < 1.29 is 4.42 Å². The Balaban J connectivity index is 2.09. The maximum absolute atomic E-state index is 5.38. The highest BCUT2D eigenvalue weighted by Gasteiger charge is 2.12. The maximum Gasteiger partial charge on any atom is 0.137 e. The van der Waals surface area contributed by atoms with Gasteiger partial charge in [-0.15, -0.1) is 0 Å². The first-order chi connectivity index (χ1) is 7.84. The zero-order valence-corrected chi connectivity index (χ0v) is 9.02. The van der Waals surface area contributed by atoms with Crippen LogP contribution in [-0.4, -0.2) is 23.0 Å². The fourth-order valence-corrected chi connectivity index (χ4v) is 2.08. The molecule has 16 heavy (non-hydrogen) atoms. The van der Waals surface area contributed by atoms with Gasteiger partial charge in [0.1, 0.15) is 5.58 Å². The molecule has 3 nitrogen and oxygen atoms in total. The van der Waals surface area contributed by atoms with E-state index in [0.29, 0.717) is 0 Å². The number of nitrogens with zero attached hydrogens (tertiary/aromatic N) is 2. The lowest BCUT2D eigenvalue weighted by Gasteiger charge is -2.28. The molecule has 0 fully saturated rings. The van der Waals surface area contributed by atoms with Crippen LogP contribution in [0.5, 0.6) is 0 Å². The number of hydrogen-bond acceptors (Lipinski definition) is 3. The molecule has 3 rings (SSSR count). The van der Waals surface area contributed by atoms with Gasteiger partial charge in [-0.2, -0.15) is 0 Å². The summed E-state index contributed by atoms with van der Waals surface area (Å²) in [5.74, 6) is 0. The third-order valence-electron chi connectivity index (χ3n) is 2.98. The summed E-state index contributed by atoms with van der Waals surface area (Å²) in [6.45, 7) is 1.88. The molecule has 0 aromatic carbocycles. The van der Waals surface area contributed by atoms with Crippen molar-refractivity contribution in [3.05, 3.63) is 43.4 Å². The summed E-state index contributed by atoms with van der Waals surface area (Å²) >= 11 is 0. The van der Waals surface area contributed by atoms with Gasteiger partial charge in [0.2, 0.25) is 0 Å². The second-order valence-corrected chi connectivity index (χ2v) is 4.05. The van der Waals surface area contributed by atoms with E-state index < -0.39 is 0 Å². The van der Waals surface area contributed by atoms with Crippen LogP contribution in [0.2, 0.25) is 0 Å². The Morgan fingerprint density at radius 2 is 2.31 bits per heavy atom. The molecule has 82 valence electrons. The first kappa shape index (κ1) is 9.60. The zero-order chi connectivity index (χ0) is 11.0. The average Bonchev–Trinajstić information content (AvgIpc) is 2.78. The number of pyridine rings is 1. The number of hydrogen-bond donors (Lipinski definition) is 0. The normalized spacial score (nSPS) is 17.7. The molecule has 0 bridgehead atoms. The molecule has 0 saturated heterocycles. The Morgan fingerprint density at radius 3 is 3.12 bits per heavy atom. The van der Waals surface area contributed by atoms with Crippen LogP contribution in [0.3, 0.4) is 0 Å². The second kappa shape index (κ2) is 3.76. The average molecular weight is 213 g/mol. The molecule has 0 saturated carbocycles. The Kier molecular flexibility index (Phi) is 2.26. The fourth-order valence-electron chi connectivity index (χ4n) is 2.08. The molecule has 1 aliphatic rings. The van der Waals surface area contributed by atoms with Gasteiger partial charge in [0, 0.05) is 11.6 Å². The predicted octanol–water partition coefficient (Wildman–Crippen LogP) is 2.71. The van der Waals surface area contributed by atoms with Crippen molar-refractivity contribution in [2.45, 2.75) is 6.42 Å². The van der Waals surface area contributed by atoms with E-state index in [4.69, 9.17) is 4.42 Å². The van der Waals surface area contributed by atoms with Gasteiger partial charge in [-0.25, -0.2) is 0 Å². The summed E-state index contributed by atoms with van der Waals surface area (Å²) in [5.41, 5.74) is 3.26. The monoisotopic (exact) mass is 213 g/mol. The SMILES string of the molecule is [CH2-]N1CC=C(c2nccc3occc23)CC1. The Hall–Kier alpha value is -1.61. The number of rotatable bonds is 1. The van der Waals surface area contributed by atoms with Crippen LogP contribution in [0.15, 0.2) is 35.1 Å². The Labute approximate surface area is 94.4 Å². The van der Waals surface area contributed by atoms with Crippen molar-refractivity contribution in [3.8, 4) is 0 Å². The molecule has 0 aliphatic carbocycles. The minimum atomic E-state index is 0.894. The standard InChI is InChI=1S/C13H13N2O/c1-15-7-3-10(4-8-15)13-11-5-9-16-12(11)2-6-14-13/h2-3,5-6,9H,1,4,7-8H2/q-1. The van der Waals surface area contributed by atoms with E-state index in [0.717, 1.165) is 36.2 Å². The van der Waals surface area contributed by atoms with E-state index in [1.54, 1.807) is 12.5 Å².